The van der Waals surface area contributed by atoms with Crippen LogP contribution in [0.25, 0.3) is 65.3 Å². The van der Waals surface area contributed by atoms with Gasteiger partial charge in [0.1, 0.15) is 0 Å². The standard InChI is InChI=1S/2C22H19.C2H6Si.2ClH.Zr/c2*1-15(2)18-13-17-9-6-12-21(22(17)14-18)20-11-5-8-16-7-3-4-10-19(16)20;1-3-2;;;/h2*3-15H,1-2H3;1-2H3;2*1H;/q2*-1;;;;+4/p-2. The van der Waals surface area contributed by atoms with Crippen molar-refractivity contribution in [3.05, 3.63) is 157 Å². The van der Waals surface area contributed by atoms with Crippen LogP contribution >= 0.6 is 0 Å². The second-order valence-corrected chi connectivity index (χ2v) is 14.1. The summed E-state index contributed by atoms with van der Waals surface area (Å²) >= 11 is 0. The fourth-order valence-electron chi connectivity index (χ4n) is 6.57. The summed E-state index contributed by atoms with van der Waals surface area (Å²) in [5.41, 5.74) is 8.15. The number of halogens is 2. The molecular formula is C46H44Cl2SiZr. The molecule has 8 aromatic carbocycles. The first-order chi connectivity index (χ1) is 22.9. The first kappa shape index (κ1) is 41.2. The molecule has 0 aliphatic heterocycles. The van der Waals surface area contributed by atoms with Crippen LogP contribution in [0.15, 0.2) is 146 Å². The Balaban J connectivity index is 0.000000238. The number of benzene rings is 6. The fraction of sp³-hybridized carbons (Fsp3) is 0.174. The summed E-state index contributed by atoms with van der Waals surface area (Å²) in [7, 11) is 1.08. The molecule has 0 N–H and O–H groups in total. The van der Waals surface area contributed by atoms with E-state index in [2.05, 4.69) is 186 Å². The van der Waals surface area contributed by atoms with Crippen molar-refractivity contribution in [2.75, 3.05) is 0 Å². The van der Waals surface area contributed by atoms with Gasteiger partial charge in [-0.2, -0.15) is 12.1 Å². The van der Waals surface area contributed by atoms with Gasteiger partial charge in [0.2, 0.25) is 0 Å². The van der Waals surface area contributed by atoms with Crippen molar-refractivity contribution >= 4 is 52.6 Å². The van der Waals surface area contributed by atoms with Gasteiger partial charge in [0, 0.05) is 9.52 Å². The molecule has 2 radical (unpaired) electrons. The van der Waals surface area contributed by atoms with Crippen molar-refractivity contribution in [3.63, 3.8) is 0 Å². The first-order valence-electron chi connectivity index (χ1n) is 16.8. The van der Waals surface area contributed by atoms with E-state index in [1.807, 2.05) is 0 Å². The Hall–Kier alpha value is -3.26. The Morgan fingerprint density at radius 3 is 1.08 bits per heavy atom. The molecule has 0 aromatic heterocycles. The van der Waals surface area contributed by atoms with Gasteiger partial charge in [-0.25, -0.2) is 0 Å². The molecule has 0 aliphatic carbocycles. The largest absolute Gasteiger partial charge is 4.00 e. The molecule has 0 fully saturated rings. The van der Waals surface area contributed by atoms with Crippen molar-refractivity contribution < 1.29 is 51.0 Å². The molecular weight excluding hydrogens is 743 g/mol. The van der Waals surface area contributed by atoms with Gasteiger partial charge < -0.3 is 24.8 Å². The molecule has 0 aliphatic rings. The Morgan fingerprint density at radius 2 is 0.720 bits per heavy atom. The van der Waals surface area contributed by atoms with Gasteiger partial charge in [0.25, 0.3) is 0 Å². The Bertz CT molecular complexity index is 2100. The molecule has 0 atom stereocenters. The zero-order valence-electron chi connectivity index (χ0n) is 29.8. The average molecular weight is 787 g/mol. The molecule has 0 saturated carbocycles. The Kier molecular flexibility index (Phi) is 15.5. The van der Waals surface area contributed by atoms with Crippen molar-refractivity contribution in [2.45, 2.75) is 52.6 Å². The third kappa shape index (κ3) is 8.78. The maximum absolute atomic E-state index is 2.36. The predicted molar refractivity (Wildman–Crippen MR) is 211 cm³/mol. The maximum Gasteiger partial charge on any atom is 4.00 e. The summed E-state index contributed by atoms with van der Waals surface area (Å²) < 4.78 is 0. The number of hydrogen-bond donors (Lipinski definition) is 0. The third-order valence-electron chi connectivity index (χ3n) is 9.04. The third-order valence-corrected chi connectivity index (χ3v) is 9.04. The topological polar surface area (TPSA) is 0 Å². The van der Waals surface area contributed by atoms with E-state index < -0.39 is 0 Å². The van der Waals surface area contributed by atoms with Gasteiger partial charge in [-0.3, -0.25) is 0 Å². The van der Waals surface area contributed by atoms with Gasteiger partial charge in [-0.15, -0.1) is 69.1 Å². The summed E-state index contributed by atoms with van der Waals surface area (Å²) in [6.07, 6.45) is 0. The van der Waals surface area contributed by atoms with Crippen molar-refractivity contribution in [1.29, 1.82) is 0 Å². The van der Waals surface area contributed by atoms with Gasteiger partial charge in [-0.1, -0.05) is 149 Å². The monoisotopic (exact) mass is 784 g/mol. The minimum Gasteiger partial charge on any atom is -1.00 e. The molecule has 0 unspecified atom stereocenters. The fourth-order valence-corrected chi connectivity index (χ4v) is 6.57. The van der Waals surface area contributed by atoms with E-state index in [-0.39, 0.29) is 51.0 Å². The van der Waals surface area contributed by atoms with Gasteiger partial charge >= 0.3 is 26.2 Å². The molecule has 8 aromatic rings. The summed E-state index contributed by atoms with van der Waals surface area (Å²) in [5.74, 6) is 1.13. The van der Waals surface area contributed by atoms with E-state index >= 15 is 0 Å². The van der Waals surface area contributed by atoms with Crippen LogP contribution in [-0.2, 0) is 26.2 Å². The smallest absolute Gasteiger partial charge is 1.00 e. The summed E-state index contributed by atoms with van der Waals surface area (Å²) in [6.45, 7) is 13.3. The molecule has 0 bridgehead atoms. The first-order valence-corrected chi connectivity index (χ1v) is 18.8. The summed E-state index contributed by atoms with van der Waals surface area (Å²) in [6, 6.07) is 53.0. The van der Waals surface area contributed by atoms with Crippen molar-refractivity contribution in [3.8, 4) is 22.3 Å². The maximum atomic E-state index is 2.36. The van der Waals surface area contributed by atoms with Gasteiger partial charge in [0.15, 0.2) is 0 Å². The molecule has 8 rings (SSSR count). The van der Waals surface area contributed by atoms with E-state index in [0.29, 0.717) is 11.8 Å². The van der Waals surface area contributed by atoms with E-state index in [1.54, 1.807) is 0 Å². The summed E-state index contributed by atoms with van der Waals surface area (Å²) in [4.78, 5) is 0. The van der Waals surface area contributed by atoms with Crippen molar-refractivity contribution in [2.24, 2.45) is 0 Å². The van der Waals surface area contributed by atoms with Gasteiger partial charge in [-0.05, 0) is 44.5 Å². The minimum atomic E-state index is 0. The molecule has 250 valence electrons. The second-order valence-electron chi connectivity index (χ2n) is 13.1. The molecule has 0 spiro atoms. The van der Waals surface area contributed by atoms with Crippen LogP contribution in [0, 0.1) is 0 Å². The van der Waals surface area contributed by atoms with Crippen LogP contribution in [0.4, 0.5) is 0 Å². The second kappa shape index (κ2) is 18.8. The number of fused-ring (bicyclic) bond motifs is 4. The Morgan fingerprint density at radius 1 is 0.420 bits per heavy atom. The van der Waals surface area contributed by atoms with Crippen LogP contribution in [0.3, 0.4) is 0 Å². The van der Waals surface area contributed by atoms with Crippen LogP contribution in [0.5, 0.6) is 0 Å². The zero-order chi connectivity index (χ0) is 32.9. The normalized spacial score (nSPS) is 10.6. The zero-order valence-corrected chi connectivity index (χ0v) is 34.7. The number of rotatable bonds is 4. The van der Waals surface area contributed by atoms with Crippen LogP contribution < -0.4 is 24.8 Å². The van der Waals surface area contributed by atoms with Crippen LogP contribution in [-0.4, -0.2) is 9.52 Å². The molecule has 4 heteroatoms. The predicted octanol–water partition coefficient (Wildman–Crippen LogP) is 7.80. The van der Waals surface area contributed by atoms with E-state index in [4.69, 9.17) is 0 Å². The summed E-state index contributed by atoms with van der Waals surface area (Å²) in [5, 5.41) is 10.7. The number of hydrogen-bond acceptors (Lipinski definition) is 0. The van der Waals surface area contributed by atoms with Crippen LogP contribution in [0.1, 0.15) is 50.7 Å². The molecule has 0 amide bonds. The quantitative estimate of drug-likeness (QED) is 0.126. The van der Waals surface area contributed by atoms with Gasteiger partial charge in [0.05, 0.1) is 0 Å². The average Bonchev–Trinajstić information content (AvgIpc) is 3.74. The minimum absolute atomic E-state index is 0. The molecule has 50 heavy (non-hydrogen) atoms. The van der Waals surface area contributed by atoms with Crippen molar-refractivity contribution in [1.82, 2.24) is 0 Å². The van der Waals surface area contributed by atoms with E-state index in [1.165, 1.54) is 76.5 Å². The SMILES string of the molecule is CC(C)c1cc2c(-c3cccc4ccccc34)cccc2[cH-]1.CC(C)c1cc2c(-c3cccc4ccccc34)cccc2[cH-]1.C[Si]C.[Cl-].[Cl-].[Zr+4]. The molecule has 0 saturated heterocycles. The molecule has 0 heterocycles. The Labute approximate surface area is 332 Å². The van der Waals surface area contributed by atoms with E-state index in [9.17, 15) is 0 Å². The molecule has 0 nitrogen and oxygen atoms in total. The van der Waals surface area contributed by atoms with Crippen LogP contribution in [0.2, 0.25) is 13.1 Å². The van der Waals surface area contributed by atoms with E-state index in [0.717, 1.165) is 9.52 Å².